The van der Waals surface area contributed by atoms with Gasteiger partial charge in [-0.25, -0.2) is 0 Å². The molecule has 10 heteroatoms. The number of carbonyl (C=O) groups excluding carboxylic acids is 3. The van der Waals surface area contributed by atoms with Gasteiger partial charge in [0.05, 0.1) is 18.4 Å². The van der Waals surface area contributed by atoms with E-state index in [1.165, 1.54) is 25.3 Å². The molecule has 30 heavy (non-hydrogen) atoms. The maximum absolute atomic E-state index is 12.8. The lowest BCUT2D eigenvalue weighted by Crippen LogP contribution is -2.29. The van der Waals surface area contributed by atoms with Crippen LogP contribution in [-0.4, -0.2) is 31.4 Å². The van der Waals surface area contributed by atoms with Crippen LogP contribution in [0.5, 0.6) is 5.75 Å². The largest absolute Gasteiger partial charge is 0.494 e. The summed E-state index contributed by atoms with van der Waals surface area (Å²) in [6.45, 7) is 0.556. The molecule has 0 radical (unpaired) electrons. The molecule has 0 bridgehead atoms. The molecule has 3 amide bonds. The van der Waals surface area contributed by atoms with Crippen LogP contribution in [0.1, 0.15) is 18.4 Å². The number of halogens is 3. The first-order chi connectivity index (χ1) is 14.2. The average molecular weight is 421 g/mol. The fourth-order valence-electron chi connectivity index (χ4n) is 3.03. The summed E-state index contributed by atoms with van der Waals surface area (Å²) in [5.74, 6) is -1.90. The highest BCUT2D eigenvalue weighted by molar-refractivity contribution is 6.43. The first-order valence-electron chi connectivity index (χ1n) is 8.97. The predicted molar refractivity (Wildman–Crippen MR) is 103 cm³/mol. The Balaban J connectivity index is 1.69. The number of anilines is 3. The zero-order valence-corrected chi connectivity index (χ0v) is 15.9. The number of carbonyl (C=O) groups is 3. The van der Waals surface area contributed by atoms with Crippen molar-refractivity contribution in [2.75, 3.05) is 29.2 Å². The minimum absolute atomic E-state index is 0.0365. The molecular formula is C20H18F3N3O4. The number of nitrogens with zero attached hydrogens (tertiary/aromatic N) is 1. The number of rotatable bonds is 4. The molecule has 1 saturated heterocycles. The van der Waals surface area contributed by atoms with Crippen molar-refractivity contribution in [1.82, 2.24) is 0 Å². The molecule has 1 aliphatic rings. The molecule has 1 heterocycles. The Morgan fingerprint density at radius 2 is 1.70 bits per heavy atom. The zero-order valence-electron chi connectivity index (χ0n) is 15.9. The van der Waals surface area contributed by atoms with Gasteiger partial charge in [-0.2, -0.15) is 13.2 Å². The smallest absolute Gasteiger partial charge is 0.416 e. The van der Waals surface area contributed by atoms with Crippen LogP contribution in [-0.2, 0) is 20.6 Å². The summed E-state index contributed by atoms with van der Waals surface area (Å²) in [5.41, 5.74) is -0.333. The van der Waals surface area contributed by atoms with Gasteiger partial charge in [0.25, 0.3) is 0 Å². The van der Waals surface area contributed by atoms with E-state index >= 15 is 0 Å². The number of benzene rings is 2. The number of ether oxygens (including phenoxy) is 1. The van der Waals surface area contributed by atoms with Crippen molar-refractivity contribution < 1.29 is 32.3 Å². The fraction of sp³-hybridized carbons (Fsp3) is 0.250. The number of hydrogen-bond acceptors (Lipinski definition) is 4. The van der Waals surface area contributed by atoms with E-state index in [1.54, 1.807) is 11.0 Å². The molecule has 0 saturated carbocycles. The van der Waals surface area contributed by atoms with Crippen molar-refractivity contribution in [3.8, 4) is 5.75 Å². The molecule has 2 N–H and O–H groups in total. The second kappa shape index (κ2) is 8.44. The van der Waals surface area contributed by atoms with E-state index in [4.69, 9.17) is 4.74 Å². The summed E-state index contributed by atoms with van der Waals surface area (Å²) in [6, 6.07) is 8.49. The molecule has 3 rings (SSSR count). The van der Waals surface area contributed by atoms with E-state index in [0.29, 0.717) is 24.4 Å². The number of amides is 3. The Morgan fingerprint density at radius 3 is 2.27 bits per heavy atom. The fourth-order valence-corrected chi connectivity index (χ4v) is 3.03. The first-order valence-corrected chi connectivity index (χ1v) is 8.97. The van der Waals surface area contributed by atoms with Crippen molar-refractivity contribution in [3.63, 3.8) is 0 Å². The Labute approximate surface area is 169 Å². The van der Waals surface area contributed by atoms with Crippen molar-refractivity contribution in [2.24, 2.45) is 0 Å². The van der Waals surface area contributed by atoms with Crippen LogP contribution in [0.25, 0.3) is 0 Å². The summed E-state index contributed by atoms with van der Waals surface area (Å²) >= 11 is 0. The molecule has 158 valence electrons. The van der Waals surface area contributed by atoms with Crippen LogP contribution in [0.4, 0.5) is 30.2 Å². The third-order valence-corrected chi connectivity index (χ3v) is 4.46. The Morgan fingerprint density at radius 1 is 1.03 bits per heavy atom. The highest BCUT2D eigenvalue weighted by Crippen LogP contribution is 2.34. The highest BCUT2D eigenvalue weighted by atomic mass is 19.4. The van der Waals surface area contributed by atoms with Crippen molar-refractivity contribution >= 4 is 34.8 Å². The standard InChI is InChI=1S/C20H18F3N3O4/c1-30-16-11-14(7-8-15(16)26-9-3-6-17(26)27)25-19(29)18(28)24-13-5-2-4-12(10-13)20(21,22)23/h2,4-5,7-8,10-11H,3,6,9H2,1H3,(H,24,28)(H,25,29). The second-order valence-electron chi connectivity index (χ2n) is 6.52. The molecule has 0 spiro atoms. The average Bonchev–Trinajstić information content (AvgIpc) is 3.13. The van der Waals surface area contributed by atoms with E-state index in [2.05, 4.69) is 10.6 Å². The highest BCUT2D eigenvalue weighted by Gasteiger charge is 2.30. The normalized spacial score (nSPS) is 13.9. The van der Waals surface area contributed by atoms with Gasteiger partial charge in [0.15, 0.2) is 0 Å². The topological polar surface area (TPSA) is 87.7 Å². The Bertz CT molecular complexity index is 992. The SMILES string of the molecule is COc1cc(NC(=O)C(=O)Nc2cccc(C(F)(F)F)c2)ccc1N1CCCC1=O. The van der Waals surface area contributed by atoms with E-state index in [0.717, 1.165) is 24.6 Å². The minimum Gasteiger partial charge on any atom is -0.494 e. The maximum Gasteiger partial charge on any atom is 0.416 e. The summed E-state index contributed by atoms with van der Waals surface area (Å²) in [4.78, 5) is 37.7. The van der Waals surface area contributed by atoms with Gasteiger partial charge in [-0.1, -0.05) is 6.07 Å². The lowest BCUT2D eigenvalue weighted by Gasteiger charge is -2.19. The van der Waals surface area contributed by atoms with Gasteiger partial charge in [0, 0.05) is 30.4 Å². The number of methoxy groups -OCH3 is 1. The maximum atomic E-state index is 12.8. The van der Waals surface area contributed by atoms with Gasteiger partial charge in [0.1, 0.15) is 5.75 Å². The van der Waals surface area contributed by atoms with Crippen LogP contribution >= 0.6 is 0 Å². The van der Waals surface area contributed by atoms with Gasteiger partial charge in [0.2, 0.25) is 5.91 Å². The predicted octanol–water partition coefficient (Wildman–Crippen LogP) is 3.42. The molecule has 1 aliphatic heterocycles. The van der Waals surface area contributed by atoms with E-state index < -0.39 is 23.6 Å². The van der Waals surface area contributed by atoms with Crippen LogP contribution in [0.15, 0.2) is 42.5 Å². The number of nitrogens with one attached hydrogen (secondary N) is 2. The number of alkyl halides is 3. The lowest BCUT2D eigenvalue weighted by molar-refractivity contribution is -0.137. The third-order valence-electron chi connectivity index (χ3n) is 4.46. The summed E-state index contributed by atoms with van der Waals surface area (Å²) in [6.07, 6.45) is -3.40. The van der Waals surface area contributed by atoms with Gasteiger partial charge in [-0.05, 0) is 36.8 Å². The van der Waals surface area contributed by atoms with Gasteiger partial charge < -0.3 is 20.3 Å². The summed E-state index contributed by atoms with van der Waals surface area (Å²) in [7, 11) is 1.41. The minimum atomic E-state index is -4.57. The number of hydrogen-bond donors (Lipinski definition) is 2. The monoisotopic (exact) mass is 421 g/mol. The van der Waals surface area contributed by atoms with Crippen LogP contribution < -0.4 is 20.3 Å². The van der Waals surface area contributed by atoms with Crippen molar-refractivity contribution in [3.05, 3.63) is 48.0 Å². The summed E-state index contributed by atoms with van der Waals surface area (Å²) in [5, 5.41) is 4.48. The zero-order chi connectivity index (χ0) is 21.9. The quantitative estimate of drug-likeness (QED) is 0.741. The molecule has 0 unspecified atom stereocenters. The molecule has 0 aliphatic carbocycles. The van der Waals surface area contributed by atoms with Crippen LogP contribution in [0.2, 0.25) is 0 Å². The van der Waals surface area contributed by atoms with E-state index in [-0.39, 0.29) is 17.3 Å². The first kappa shape index (κ1) is 21.2. The van der Waals surface area contributed by atoms with Crippen molar-refractivity contribution in [1.29, 1.82) is 0 Å². The van der Waals surface area contributed by atoms with E-state index in [1.807, 2.05) is 0 Å². The van der Waals surface area contributed by atoms with Gasteiger partial charge in [-0.3, -0.25) is 14.4 Å². The Kier molecular flexibility index (Phi) is 5.95. The lowest BCUT2D eigenvalue weighted by atomic mass is 10.2. The van der Waals surface area contributed by atoms with Crippen LogP contribution in [0, 0.1) is 0 Å². The third kappa shape index (κ3) is 4.70. The summed E-state index contributed by atoms with van der Waals surface area (Å²) < 4.78 is 43.6. The second-order valence-corrected chi connectivity index (χ2v) is 6.52. The molecule has 1 fully saturated rings. The Hall–Kier alpha value is -3.56. The molecule has 7 nitrogen and oxygen atoms in total. The van der Waals surface area contributed by atoms with Crippen LogP contribution in [0.3, 0.4) is 0 Å². The van der Waals surface area contributed by atoms with E-state index in [9.17, 15) is 27.6 Å². The molecule has 2 aromatic carbocycles. The van der Waals surface area contributed by atoms with Crippen molar-refractivity contribution in [2.45, 2.75) is 19.0 Å². The van der Waals surface area contributed by atoms with Gasteiger partial charge in [-0.15, -0.1) is 0 Å². The molecule has 0 aromatic heterocycles. The molecule has 2 aromatic rings. The molecular weight excluding hydrogens is 403 g/mol. The molecule has 0 atom stereocenters. The van der Waals surface area contributed by atoms with Gasteiger partial charge >= 0.3 is 18.0 Å².